The Hall–Kier alpha value is -5.15. The van der Waals surface area contributed by atoms with Crippen LogP contribution in [0.2, 0.25) is 0 Å². The fourth-order valence-corrected chi connectivity index (χ4v) is 7.71. The Morgan fingerprint density at radius 3 is 2.55 bits per heavy atom. The first kappa shape index (κ1) is 34.3. The number of nitrogens with one attached hydrogen (secondary N) is 2. The van der Waals surface area contributed by atoms with Gasteiger partial charge in [-0.15, -0.1) is 4.98 Å². The van der Waals surface area contributed by atoms with Gasteiger partial charge in [0.1, 0.15) is 17.8 Å². The van der Waals surface area contributed by atoms with Crippen LogP contribution >= 0.6 is 0 Å². The molecule has 1 aromatic carbocycles. The molecular weight excluding hydrogens is 640 g/mol. The van der Waals surface area contributed by atoms with Gasteiger partial charge < -0.3 is 15.0 Å². The molecule has 1 spiro atoms. The highest BCUT2D eigenvalue weighted by atomic mass is 16.5. The van der Waals surface area contributed by atoms with Gasteiger partial charge in [-0.25, -0.2) is 9.78 Å². The Morgan fingerprint density at radius 1 is 1.04 bits per heavy atom. The molecule has 3 aromatic heterocycles. The van der Waals surface area contributed by atoms with E-state index in [1.165, 1.54) is 0 Å². The molecule has 4 aromatic rings. The molecule has 51 heavy (non-hydrogen) atoms. The highest BCUT2D eigenvalue weighted by Gasteiger charge is 2.50. The van der Waals surface area contributed by atoms with Crippen LogP contribution < -0.4 is 15.5 Å². The molecule has 264 valence electrons. The first-order valence-electron chi connectivity index (χ1n) is 18.2. The van der Waals surface area contributed by atoms with Crippen molar-refractivity contribution in [2.75, 3.05) is 43.1 Å². The van der Waals surface area contributed by atoms with E-state index in [1.807, 2.05) is 72.7 Å². The molecule has 12 nitrogen and oxygen atoms in total. The number of carbonyl (C=O) groups excluding carboxylic acids is 1. The summed E-state index contributed by atoms with van der Waals surface area (Å²) in [6, 6.07) is 16.0. The number of benzene rings is 1. The second-order valence-electron chi connectivity index (χ2n) is 14.1. The fraction of sp³-hybridized carbons (Fsp3) is 0.462. The number of hydrogen-bond donors (Lipinski definition) is 2. The van der Waals surface area contributed by atoms with Gasteiger partial charge in [0.15, 0.2) is 5.82 Å². The van der Waals surface area contributed by atoms with E-state index in [-0.39, 0.29) is 17.4 Å². The average molecular weight is 688 g/mol. The number of aromatic nitrogens is 5. The zero-order valence-corrected chi connectivity index (χ0v) is 29.6. The van der Waals surface area contributed by atoms with E-state index in [0.29, 0.717) is 42.2 Å². The van der Waals surface area contributed by atoms with E-state index in [4.69, 9.17) is 14.7 Å². The van der Waals surface area contributed by atoms with Crippen molar-refractivity contribution in [1.82, 2.24) is 30.0 Å². The molecule has 2 saturated heterocycles. The highest BCUT2D eigenvalue weighted by Crippen LogP contribution is 2.44. The number of piperidine rings is 1. The summed E-state index contributed by atoms with van der Waals surface area (Å²) in [6.45, 7) is 6.73. The smallest absolute Gasteiger partial charge is 0.381 e. The van der Waals surface area contributed by atoms with Crippen molar-refractivity contribution in [1.29, 1.82) is 5.26 Å². The Bertz CT molecular complexity index is 1880. The van der Waals surface area contributed by atoms with Gasteiger partial charge >= 0.3 is 6.03 Å². The van der Waals surface area contributed by atoms with Crippen molar-refractivity contribution in [3.63, 3.8) is 0 Å². The van der Waals surface area contributed by atoms with Crippen molar-refractivity contribution in [3.8, 4) is 17.2 Å². The van der Waals surface area contributed by atoms with Crippen molar-refractivity contribution in [3.05, 3.63) is 78.4 Å². The molecule has 3 aliphatic rings. The summed E-state index contributed by atoms with van der Waals surface area (Å²) < 4.78 is 9.28. The SMILES string of the molecule is CCCC1/C(=[N+](\C(=O)NCc2ccccc2)c2ccc(-c3cnn(C)c3)cn2)C1CCCNc1ncc(C#N)c(N2CCC3(CCOC3)CC2)n1. The zero-order valence-electron chi connectivity index (χ0n) is 29.6. The summed E-state index contributed by atoms with van der Waals surface area (Å²) in [4.78, 5) is 30.2. The molecule has 7 rings (SSSR count). The summed E-state index contributed by atoms with van der Waals surface area (Å²) in [7, 11) is 1.89. The third-order valence-corrected chi connectivity index (χ3v) is 10.7. The molecule has 2 N–H and O–H groups in total. The predicted molar refractivity (Wildman–Crippen MR) is 196 cm³/mol. The standard InChI is InChI=1S/C39H46N10O2/c1-3-8-32-33(11-7-17-41-37-43-24-30(21-40)36(46-37)48-18-14-39(15-19-48)16-20-51-27-39)35(32)49(38(50)44-22-28-9-5-4-6-10-28)34-13-12-29(23-42-34)31-25-45-47(2)26-31/h4-6,9-10,12-13,23-26,32-33H,3,7-8,11,14-20,22,27H2,1-2H3,(H-,41,43,44,46,50)/p+1/b49-35+. The summed E-state index contributed by atoms with van der Waals surface area (Å²) in [5, 5.41) is 20.7. The minimum atomic E-state index is -0.167. The number of urea groups is 1. The molecule has 2 atom stereocenters. The number of anilines is 2. The van der Waals surface area contributed by atoms with Crippen LogP contribution in [0.25, 0.3) is 11.1 Å². The number of carbonyl (C=O) groups is 1. The average Bonchev–Trinajstić information content (AvgIpc) is 3.43. The Morgan fingerprint density at radius 2 is 1.86 bits per heavy atom. The van der Waals surface area contributed by atoms with Crippen LogP contribution in [0.4, 0.5) is 22.4 Å². The summed E-state index contributed by atoms with van der Waals surface area (Å²) in [5.74, 6) is 2.45. The molecule has 3 fully saturated rings. The number of rotatable bonds is 12. The van der Waals surface area contributed by atoms with E-state index in [0.717, 1.165) is 93.7 Å². The number of nitriles is 1. The molecule has 2 unspecified atom stereocenters. The first-order valence-corrected chi connectivity index (χ1v) is 18.2. The van der Waals surface area contributed by atoms with Crippen LogP contribution in [-0.2, 0) is 18.3 Å². The predicted octanol–water partition coefficient (Wildman–Crippen LogP) is 6.08. The lowest BCUT2D eigenvalue weighted by Crippen LogP contribution is -2.41. The van der Waals surface area contributed by atoms with Gasteiger partial charge in [0.05, 0.1) is 31.3 Å². The van der Waals surface area contributed by atoms with Crippen molar-refractivity contribution < 1.29 is 14.1 Å². The zero-order chi connectivity index (χ0) is 35.2. The quantitative estimate of drug-likeness (QED) is 0.134. The summed E-state index contributed by atoms with van der Waals surface area (Å²) in [5.41, 5.74) is 4.88. The number of aryl methyl sites for hydroxylation is 1. The topological polar surface area (TPSA) is 137 Å². The first-order chi connectivity index (χ1) is 25.0. The van der Waals surface area contributed by atoms with Gasteiger partial charge in [-0.2, -0.15) is 19.9 Å². The van der Waals surface area contributed by atoms with E-state index >= 15 is 0 Å². The van der Waals surface area contributed by atoms with Crippen LogP contribution in [0.1, 0.15) is 63.0 Å². The number of nitrogens with zero attached hydrogens (tertiary/aromatic N) is 8. The lowest BCUT2D eigenvalue weighted by atomic mass is 9.78. The fourth-order valence-electron chi connectivity index (χ4n) is 7.71. The third kappa shape index (κ3) is 7.78. The maximum Gasteiger partial charge on any atom is 0.441 e. The number of hydrogen-bond acceptors (Lipinski definition) is 9. The van der Waals surface area contributed by atoms with E-state index in [9.17, 15) is 10.1 Å². The Balaban J connectivity index is 1.04. The number of ether oxygens (including phenoxy) is 1. The number of amides is 2. The minimum absolute atomic E-state index is 0.167. The van der Waals surface area contributed by atoms with Crippen LogP contribution in [0.15, 0.2) is 67.3 Å². The van der Waals surface area contributed by atoms with Gasteiger partial charge in [0, 0.05) is 68.5 Å². The van der Waals surface area contributed by atoms with Gasteiger partial charge in [-0.3, -0.25) is 10.00 Å². The van der Waals surface area contributed by atoms with E-state index < -0.39 is 0 Å². The van der Waals surface area contributed by atoms with Gasteiger partial charge in [-0.05, 0) is 55.6 Å². The second-order valence-corrected chi connectivity index (χ2v) is 14.1. The number of pyridine rings is 1. The maximum atomic E-state index is 13.9. The third-order valence-electron chi connectivity index (χ3n) is 10.7. The maximum absolute atomic E-state index is 13.9. The van der Waals surface area contributed by atoms with Gasteiger partial charge in [0.25, 0.3) is 5.82 Å². The molecule has 5 heterocycles. The lowest BCUT2D eigenvalue weighted by Gasteiger charge is -2.39. The van der Waals surface area contributed by atoms with Gasteiger partial charge in [-0.1, -0.05) is 43.7 Å². The highest BCUT2D eigenvalue weighted by molar-refractivity contribution is 6.03. The van der Waals surface area contributed by atoms with Crippen LogP contribution in [0.5, 0.6) is 0 Å². The Labute approximate surface area is 299 Å². The largest absolute Gasteiger partial charge is 0.441 e. The lowest BCUT2D eigenvalue weighted by molar-refractivity contribution is -0.337. The monoisotopic (exact) mass is 687 g/mol. The van der Waals surface area contributed by atoms with Crippen LogP contribution in [0, 0.1) is 28.6 Å². The van der Waals surface area contributed by atoms with Crippen molar-refractivity contribution >= 4 is 29.3 Å². The van der Waals surface area contributed by atoms with Gasteiger partial charge in [0.2, 0.25) is 5.95 Å². The van der Waals surface area contributed by atoms with Crippen LogP contribution in [0.3, 0.4) is 0 Å². The summed E-state index contributed by atoms with van der Waals surface area (Å²) in [6.07, 6.45) is 14.3. The molecule has 1 saturated carbocycles. The summed E-state index contributed by atoms with van der Waals surface area (Å²) >= 11 is 0. The normalized spacial score (nSPS) is 20.2. The molecular formula is C39H47N10O2+. The molecule has 0 radical (unpaired) electrons. The second kappa shape index (κ2) is 15.4. The van der Waals surface area contributed by atoms with Crippen molar-refractivity contribution in [2.45, 2.75) is 58.4 Å². The molecule has 12 heteroatoms. The van der Waals surface area contributed by atoms with Crippen LogP contribution in [-0.4, -0.2) is 73.9 Å². The molecule has 0 bridgehead atoms. The molecule has 1 aliphatic carbocycles. The Kier molecular flexibility index (Phi) is 10.4. The molecule has 2 amide bonds. The van der Waals surface area contributed by atoms with Crippen molar-refractivity contribution in [2.24, 2.45) is 24.3 Å². The molecule has 2 aliphatic heterocycles. The van der Waals surface area contributed by atoms with E-state index in [2.05, 4.69) is 38.6 Å². The minimum Gasteiger partial charge on any atom is -0.381 e. The van der Waals surface area contributed by atoms with E-state index in [1.54, 1.807) is 10.9 Å².